The average molecular weight is 347 g/mol. The summed E-state index contributed by atoms with van der Waals surface area (Å²) in [5, 5.41) is 3.26. The van der Waals surface area contributed by atoms with Gasteiger partial charge in [0.25, 0.3) is 0 Å². The molecule has 1 N–H and O–H groups in total. The van der Waals surface area contributed by atoms with E-state index in [-0.39, 0.29) is 30.3 Å². The summed E-state index contributed by atoms with van der Waals surface area (Å²) in [4.78, 5) is 30.8. The molecule has 0 aliphatic carbocycles. The monoisotopic (exact) mass is 346 g/mol. The maximum absolute atomic E-state index is 12.5. The lowest BCUT2D eigenvalue weighted by molar-refractivity contribution is -0.137. The lowest BCUT2D eigenvalue weighted by Crippen LogP contribution is -2.48. The van der Waals surface area contributed by atoms with Gasteiger partial charge < -0.3 is 15.1 Å². The van der Waals surface area contributed by atoms with Crippen molar-refractivity contribution in [3.05, 3.63) is 0 Å². The van der Waals surface area contributed by atoms with E-state index in [0.717, 1.165) is 58.7 Å². The fraction of sp³-hybridized carbons (Fsp3) is 0.875. The maximum atomic E-state index is 12.5. The van der Waals surface area contributed by atoms with E-state index in [1.165, 1.54) is 0 Å². The van der Waals surface area contributed by atoms with Crippen LogP contribution in [-0.4, -0.2) is 84.9 Å². The standard InChI is InChI=1S/C16H30N4O2.ClH/c1-3-18(4-2)16(22)14-6-5-10-19(14)11-7-15(21)20-12-8-17-9-13-20;/h14,17H,3-13H2,1-2H3;1H. The second kappa shape index (κ2) is 10.1. The third-order valence-electron chi connectivity index (χ3n) is 4.81. The van der Waals surface area contributed by atoms with Crippen LogP contribution in [0, 0.1) is 0 Å². The number of likely N-dealkylation sites (N-methyl/N-ethyl adjacent to an activating group) is 1. The van der Waals surface area contributed by atoms with Crippen LogP contribution in [-0.2, 0) is 9.59 Å². The van der Waals surface area contributed by atoms with Gasteiger partial charge in [-0.3, -0.25) is 14.5 Å². The Balaban J connectivity index is 0.00000264. The van der Waals surface area contributed by atoms with Gasteiger partial charge in [0.2, 0.25) is 11.8 Å². The minimum Gasteiger partial charge on any atom is -0.342 e. The number of hydrogen-bond donors (Lipinski definition) is 1. The summed E-state index contributed by atoms with van der Waals surface area (Å²) in [6.07, 6.45) is 2.51. The molecule has 2 aliphatic heterocycles. The average Bonchev–Trinajstić information content (AvgIpc) is 3.03. The summed E-state index contributed by atoms with van der Waals surface area (Å²) in [6.45, 7) is 10.6. The van der Waals surface area contributed by atoms with Crippen molar-refractivity contribution in [2.24, 2.45) is 0 Å². The molecule has 0 bridgehead atoms. The van der Waals surface area contributed by atoms with Crippen LogP contribution in [0.4, 0.5) is 0 Å². The number of hydrogen-bond acceptors (Lipinski definition) is 4. The highest BCUT2D eigenvalue weighted by molar-refractivity contribution is 5.85. The van der Waals surface area contributed by atoms with Gasteiger partial charge in [-0.05, 0) is 33.2 Å². The minimum absolute atomic E-state index is 0. The van der Waals surface area contributed by atoms with Gasteiger partial charge in [0.05, 0.1) is 6.04 Å². The number of carbonyl (C=O) groups excluding carboxylic acids is 2. The van der Waals surface area contributed by atoms with E-state index >= 15 is 0 Å². The predicted octanol–water partition coefficient (Wildman–Crippen LogP) is 0.563. The molecule has 2 heterocycles. The Kier molecular flexibility index (Phi) is 8.87. The van der Waals surface area contributed by atoms with Crippen LogP contribution in [0.25, 0.3) is 0 Å². The summed E-state index contributed by atoms with van der Waals surface area (Å²) in [6, 6.07) is -0.0178. The second-order valence-electron chi connectivity index (χ2n) is 6.09. The van der Waals surface area contributed by atoms with Gasteiger partial charge in [-0.25, -0.2) is 0 Å². The summed E-state index contributed by atoms with van der Waals surface area (Å²) in [7, 11) is 0. The van der Waals surface area contributed by atoms with Crippen molar-refractivity contribution < 1.29 is 9.59 Å². The van der Waals surface area contributed by atoms with Crippen molar-refractivity contribution in [1.82, 2.24) is 20.0 Å². The van der Waals surface area contributed by atoms with Crippen molar-refractivity contribution in [3.8, 4) is 0 Å². The molecule has 7 heteroatoms. The van der Waals surface area contributed by atoms with Crippen molar-refractivity contribution in [1.29, 1.82) is 0 Å². The molecule has 1 unspecified atom stereocenters. The van der Waals surface area contributed by atoms with Crippen LogP contribution < -0.4 is 5.32 Å². The summed E-state index contributed by atoms with van der Waals surface area (Å²) >= 11 is 0. The van der Waals surface area contributed by atoms with Gasteiger partial charge in [0.15, 0.2) is 0 Å². The number of likely N-dealkylation sites (tertiary alicyclic amines) is 1. The van der Waals surface area contributed by atoms with Crippen LogP contribution in [0.2, 0.25) is 0 Å². The largest absolute Gasteiger partial charge is 0.342 e. The zero-order valence-corrected chi connectivity index (χ0v) is 15.2. The fourth-order valence-corrected chi connectivity index (χ4v) is 3.43. The molecule has 0 aromatic carbocycles. The van der Waals surface area contributed by atoms with Crippen LogP contribution in [0.15, 0.2) is 0 Å². The van der Waals surface area contributed by atoms with E-state index in [1.54, 1.807) is 0 Å². The molecule has 2 rings (SSSR count). The van der Waals surface area contributed by atoms with E-state index < -0.39 is 0 Å². The van der Waals surface area contributed by atoms with E-state index in [0.29, 0.717) is 13.0 Å². The van der Waals surface area contributed by atoms with Gasteiger partial charge in [0.1, 0.15) is 0 Å². The SMILES string of the molecule is CCN(CC)C(=O)C1CCCN1CCC(=O)N1CCNCC1.Cl. The number of halogens is 1. The molecular formula is C16H31ClN4O2. The molecule has 2 amide bonds. The Hall–Kier alpha value is -0.850. The topological polar surface area (TPSA) is 55.9 Å². The molecule has 2 saturated heterocycles. The first-order valence-electron chi connectivity index (χ1n) is 8.68. The molecule has 6 nitrogen and oxygen atoms in total. The minimum atomic E-state index is -0.0178. The van der Waals surface area contributed by atoms with Crippen LogP contribution in [0.5, 0.6) is 0 Å². The van der Waals surface area contributed by atoms with Gasteiger partial charge in [-0.2, -0.15) is 0 Å². The number of amides is 2. The highest BCUT2D eigenvalue weighted by Gasteiger charge is 2.33. The van der Waals surface area contributed by atoms with Gasteiger partial charge in [0, 0.05) is 52.2 Å². The summed E-state index contributed by atoms with van der Waals surface area (Å²) in [5.74, 6) is 0.458. The van der Waals surface area contributed by atoms with E-state index in [9.17, 15) is 9.59 Å². The van der Waals surface area contributed by atoms with E-state index in [1.807, 2.05) is 23.6 Å². The number of piperazine rings is 1. The molecule has 0 aromatic heterocycles. The quantitative estimate of drug-likeness (QED) is 0.763. The normalized spacial score (nSPS) is 21.8. The van der Waals surface area contributed by atoms with Gasteiger partial charge in [-0.15, -0.1) is 12.4 Å². The molecule has 1 atom stereocenters. The van der Waals surface area contributed by atoms with E-state index in [4.69, 9.17) is 0 Å². The maximum Gasteiger partial charge on any atom is 0.239 e. The Bertz CT molecular complexity index is 384. The van der Waals surface area contributed by atoms with Crippen molar-refractivity contribution in [3.63, 3.8) is 0 Å². The fourth-order valence-electron chi connectivity index (χ4n) is 3.43. The van der Waals surface area contributed by atoms with Crippen molar-refractivity contribution >= 4 is 24.2 Å². The molecule has 23 heavy (non-hydrogen) atoms. The summed E-state index contributed by atoms with van der Waals surface area (Å²) in [5.41, 5.74) is 0. The van der Waals surface area contributed by atoms with E-state index in [2.05, 4.69) is 10.2 Å². The molecule has 0 aromatic rings. The number of rotatable bonds is 6. The first kappa shape index (κ1) is 20.2. The Morgan fingerprint density at radius 3 is 2.39 bits per heavy atom. The van der Waals surface area contributed by atoms with Gasteiger partial charge >= 0.3 is 0 Å². The second-order valence-corrected chi connectivity index (χ2v) is 6.09. The Labute approximate surface area is 146 Å². The first-order valence-corrected chi connectivity index (χ1v) is 8.68. The summed E-state index contributed by atoms with van der Waals surface area (Å²) < 4.78 is 0. The smallest absolute Gasteiger partial charge is 0.239 e. The lowest BCUT2D eigenvalue weighted by atomic mass is 10.2. The highest BCUT2D eigenvalue weighted by atomic mass is 35.5. The number of carbonyl (C=O) groups is 2. The third-order valence-corrected chi connectivity index (χ3v) is 4.81. The number of nitrogens with one attached hydrogen (secondary N) is 1. The molecular weight excluding hydrogens is 316 g/mol. The van der Waals surface area contributed by atoms with Gasteiger partial charge in [-0.1, -0.05) is 0 Å². The Morgan fingerprint density at radius 2 is 1.78 bits per heavy atom. The zero-order chi connectivity index (χ0) is 15.9. The molecule has 2 aliphatic rings. The van der Waals surface area contributed by atoms with Crippen LogP contribution in [0.3, 0.4) is 0 Å². The highest BCUT2D eigenvalue weighted by Crippen LogP contribution is 2.20. The van der Waals surface area contributed by atoms with Crippen molar-refractivity contribution in [2.75, 3.05) is 52.4 Å². The zero-order valence-electron chi connectivity index (χ0n) is 14.4. The molecule has 0 saturated carbocycles. The molecule has 0 spiro atoms. The predicted molar refractivity (Wildman–Crippen MR) is 93.8 cm³/mol. The van der Waals surface area contributed by atoms with Crippen LogP contribution in [0.1, 0.15) is 33.1 Å². The molecule has 134 valence electrons. The molecule has 0 radical (unpaired) electrons. The first-order chi connectivity index (χ1) is 10.7. The lowest BCUT2D eigenvalue weighted by Gasteiger charge is -2.30. The third kappa shape index (κ3) is 5.33. The Morgan fingerprint density at radius 1 is 1.13 bits per heavy atom. The van der Waals surface area contributed by atoms with Crippen molar-refractivity contribution in [2.45, 2.75) is 39.2 Å². The number of nitrogens with zero attached hydrogens (tertiary/aromatic N) is 3. The molecule has 2 fully saturated rings. The van der Waals surface area contributed by atoms with Crippen LogP contribution >= 0.6 is 12.4 Å².